The summed E-state index contributed by atoms with van der Waals surface area (Å²) in [6, 6.07) is -0.157. The number of cyclic esters (lactones) is 1. The number of amides is 1. The van der Waals surface area contributed by atoms with Crippen molar-refractivity contribution in [1.82, 2.24) is 4.90 Å². The van der Waals surface area contributed by atoms with Crippen LogP contribution in [0.15, 0.2) is 0 Å². The fourth-order valence-corrected chi connectivity index (χ4v) is 1.95. The number of ether oxygens (including phenoxy) is 1. The molecular formula is C10H19NO3. The summed E-state index contributed by atoms with van der Waals surface area (Å²) in [5.41, 5.74) is -0.870. The molecule has 4 nitrogen and oxygen atoms in total. The molecule has 1 N–H and O–H groups in total. The lowest BCUT2D eigenvalue weighted by atomic mass is 9.95. The van der Waals surface area contributed by atoms with Gasteiger partial charge in [-0.05, 0) is 26.7 Å². The van der Waals surface area contributed by atoms with Crippen LogP contribution in [0.25, 0.3) is 0 Å². The van der Waals surface area contributed by atoms with E-state index in [1.807, 2.05) is 6.92 Å². The number of hydrogen-bond acceptors (Lipinski definition) is 3. The maximum absolute atomic E-state index is 11.4. The van der Waals surface area contributed by atoms with Crippen molar-refractivity contribution in [1.29, 1.82) is 0 Å². The first-order valence-corrected chi connectivity index (χ1v) is 5.12. The molecule has 1 heterocycles. The minimum atomic E-state index is -0.870. The largest absolute Gasteiger partial charge is 0.449 e. The van der Waals surface area contributed by atoms with Crippen LogP contribution in [0, 0.1) is 0 Å². The lowest BCUT2D eigenvalue weighted by molar-refractivity contribution is -0.0340. The Hall–Kier alpha value is -0.770. The average molecular weight is 201 g/mol. The molecule has 1 aliphatic rings. The Labute approximate surface area is 84.8 Å². The van der Waals surface area contributed by atoms with Gasteiger partial charge in [-0.25, -0.2) is 4.79 Å². The van der Waals surface area contributed by atoms with Crippen molar-refractivity contribution in [2.45, 2.75) is 45.3 Å². The summed E-state index contributed by atoms with van der Waals surface area (Å²) >= 11 is 0. The lowest BCUT2D eigenvalue weighted by Crippen LogP contribution is -2.53. The Morgan fingerprint density at radius 2 is 2.29 bits per heavy atom. The van der Waals surface area contributed by atoms with E-state index in [2.05, 4.69) is 0 Å². The van der Waals surface area contributed by atoms with Crippen molar-refractivity contribution in [3.8, 4) is 0 Å². The molecule has 14 heavy (non-hydrogen) atoms. The number of nitrogens with zero attached hydrogens (tertiary/aromatic N) is 1. The second-order valence-electron chi connectivity index (χ2n) is 4.24. The molecule has 0 bridgehead atoms. The first-order valence-electron chi connectivity index (χ1n) is 5.12. The van der Waals surface area contributed by atoms with E-state index in [0.29, 0.717) is 13.2 Å². The molecule has 1 saturated heterocycles. The first kappa shape index (κ1) is 11.3. The Morgan fingerprint density at radius 3 is 2.71 bits per heavy atom. The summed E-state index contributed by atoms with van der Waals surface area (Å²) < 4.78 is 4.94. The molecular weight excluding hydrogens is 182 g/mol. The van der Waals surface area contributed by atoms with Crippen molar-refractivity contribution in [3.63, 3.8) is 0 Å². The van der Waals surface area contributed by atoms with Crippen LogP contribution in [0.5, 0.6) is 0 Å². The molecule has 0 aliphatic carbocycles. The van der Waals surface area contributed by atoms with E-state index in [1.165, 1.54) is 0 Å². The average Bonchev–Trinajstić information content (AvgIpc) is 2.07. The minimum absolute atomic E-state index is 0.157. The van der Waals surface area contributed by atoms with Crippen molar-refractivity contribution in [2.24, 2.45) is 0 Å². The molecule has 82 valence electrons. The SMILES string of the molecule is CCC(N1CCCOC1=O)C(C)(C)O. The number of carbonyl (C=O) groups is 1. The van der Waals surface area contributed by atoms with Gasteiger partial charge in [0.2, 0.25) is 0 Å². The van der Waals surface area contributed by atoms with Crippen LogP contribution in [-0.2, 0) is 4.74 Å². The molecule has 1 aliphatic heterocycles. The van der Waals surface area contributed by atoms with Crippen molar-refractivity contribution < 1.29 is 14.6 Å². The predicted molar refractivity (Wildman–Crippen MR) is 53.0 cm³/mol. The van der Waals surface area contributed by atoms with E-state index >= 15 is 0 Å². The Morgan fingerprint density at radius 1 is 1.64 bits per heavy atom. The molecule has 0 spiro atoms. The Bertz CT molecular complexity index is 210. The third-order valence-electron chi connectivity index (χ3n) is 2.58. The quantitative estimate of drug-likeness (QED) is 0.750. The Kier molecular flexibility index (Phi) is 3.37. The van der Waals surface area contributed by atoms with Gasteiger partial charge in [0.25, 0.3) is 0 Å². The standard InChI is InChI=1S/C10H19NO3/c1-4-8(10(2,3)13)11-6-5-7-14-9(11)12/h8,13H,4-7H2,1-3H3. The highest BCUT2D eigenvalue weighted by molar-refractivity contribution is 5.68. The van der Waals surface area contributed by atoms with Crippen LogP contribution in [0.1, 0.15) is 33.6 Å². The van der Waals surface area contributed by atoms with E-state index in [0.717, 1.165) is 12.8 Å². The van der Waals surface area contributed by atoms with Gasteiger partial charge in [-0.1, -0.05) is 6.92 Å². The molecule has 4 heteroatoms. The summed E-state index contributed by atoms with van der Waals surface area (Å²) in [4.78, 5) is 13.1. The van der Waals surface area contributed by atoms with Gasteiger partial charge in [0.05, 0.1) is 18.2 Å². The highest BCUT2D eigenvalue weighted by Crippen LogP contribution is 2.21. The zero-order valence-corrected chi connectivity index (χ0v) is 9.12. The molecule has 1 amide bonds. The summed E-state index contributed by atoms with van der Waals surface area (Å²) in [6.45, 7) is 6.59. The number of hydrogen-bond donors (Lipinski definition) is 1. The fourth-order valence-electron chi connectivity index (χ4n) is 1.95. The topological polar surface area (TPSA) is 49.8 Å². The second-order valence-corrected chi connectivity index (χ2v) is 4.24. The first-order chi connectivity index (χ1) is 6.46. The molecule has 1 unspecified atom stereocenters. The normalized spacial score (nSPS) is 20.6. The highest BCUT2D eigenvalue weighted by Gasteiger charge is 2.35. The van der Waals surface area contributed by atoms with Gasteiger partial charge >= 0.3 is 6.09 Å². The Balaban J connectivity index is 2.72. The molecule has 0 radical (unpaired) electrons. The van der Waals surface area contributed by atoms with Gasteiger partial charge in [-0.3, -0.25) is 0 Å². The predicted octanol–water partition coefficient (Wildman–Crippen LogP) is 1.38. The molecule has 0 aromatic heterocycles. The maximum Gasteiger partial charge on any atom is 0.410 e. The van der Waals surface area contributed by atoms with E-state index in [-0.39, 0.29) is 12.1 Å². The third kappa shape index (κ3) is 2.38. The van der Waals surface area contributed by atoms with Crippen LogP contribution in [0.4, 0.5) is 4.79 Å². The van der Waals surface area contributed by atoms with Gasteiger partial charge in [0.15, 0.2) is 0 Å². The number of rotatable bonds is 3. The van der Waals surface area contributed by atoms with Crippen LogP contribution < -0.4 is 0 Å². The minimum Gasteiger partial charge on any atom is -0.449 e. The van der Waals surface area contributed by atoms with E-state index < -0.39 is 5.60 Å². The molecule has 1 atom stereocenters. The molecule has 1 rings (SSSR count). The smallest absolute Gasteiger partial charge is 0.410 e. The maximum atomic E-state index is 11.4. The highest BCUT2D eigenvalue weighted by atomic mass is 16.6. The van der Waals surface area contributed by atoms with Crippen LogP contribution in [0.3, 0.4) is 0 Å². The van der Waals surface area contributed by atoms with E-state index in [9.17, 15) is 9.90 Å². The summed E-state index contributed by atoms with van der Waals surface area (Å²) in [6.07, 6.45) is 1.28. The molecule has 1 fully saturated rings. The zero-order valence-electron chi connectivity index (χ0n) is 9.12. The number of carbonyl (C=O) groups excluding carboxylic acids is 1. The van der Waals surface area contributed by atoms with Crippen molar-refractivity contribution in [2.75, 3.05) is 13.2 Å². The van der Waals surface area contributed by atoms with Crippen LogP contribution >= 0.6 is 0 Å². The van der Waals surface area contributed by atoms with Crippen LogP contribution in [0.2, 0.25) is 0 Å². The van der Waals surface area contributed by atoms with Crippen molar-refractivity contribution in [3.05, 3.63) is 0 Å². The third-order valence-corrected chi connectivity index (χ3v) is 2.58. The summed E-state index contributed by atoms with van der Waals surface area (Å²) in [5.74, 6) is 0. The van der Waals surface area contributed by atoms with Crippen molar-refractivity contribution >= 4 is 6.09 Å². The number of aliphatic hydroxyl groups is 1. The zero-order chi connectivity index (χ0) is 10.8. The van der Waals surface area contributed by atoms with Gasteiger partial charge in [0, 0.05) is 6.54 Å². The van der Waals surface area contributed by atoms with E-state index in [1.54, 1.807) is 18.7 Å². The monoisotopic (exact) mass is 201 g/mol. The van der Waals surface area contributed by atoms with Gasteiger partial charge in [-0.2, -0.15) is 0 Å². The summed E-state index contributed by atoms with van der Waals surface area (Å²) in [7, 11) is 0. The van der Waals surface area contributed by atoms with E-state index in [4.69, 9.17) is 4.74 Å². The van der Waals surface area contributed by atoms with Gasteiger partial charge < -0.3 is 14.7 Å². The molecule has 0 aromatic carbocycles. The fraction of sp³-hybridized carbons (Fsp3) is 0.900. The molecule has 0 aromatic rings. The van der Waals surface area contributed by atoms with Crippen LogP contribution in [-0.4, -0.2) is 40.9 Å². The second kappa shape index (κ2) is 4.17. The van der Waals surface area contributed by atoms with Gasteiger partial charge in [-0.15, -0.1) is 0 Å². The van der Waals surface area contributed by atoms with Gasteiger partial charge in [0.1, 0.15) is 0 Å². The lowest BCUT2D eigenvalue weighted by Gasteiger charge is -2.39. The molecule has 0 saturated carbocycles. The summed E-state index contributed by atoms with van der Waals surface area (Å²) in [5, 5.41) is 9.90.